The Balaban J connectivity index is 2.26. The van der Waals surface area contributed by atoms with Crippen molar-refractivity contribution in [1.29, 1.82) is 0 Å². The van der Waals surface area contributed by atoms with Gasteiger partial charge in [-0.3, -0.25) is 9.36 Å². The average Bonchev–Trinajstić information content (AvgIpc) is 2.99. The maximum atomic E-state index is 13.1. The highest BCUT2D eigenvalue weighted by atomic mass is 32.1. The van der Waals surface area contributed by atoms with Gasteiger partial charge in [-0.1, -0.05) is 24.3 Å². The molecule has 0 atom stereocenters. The fourth-order valence-corrected chi connectivity index (χ4v) is 4.05. The van der Waals surface area contributed by atoms with Crippen LogP contribution < -0.4 is 11.3 Å². The van der Waals surface area contributed by atoms with Crippen molar-refractivity contribution in [2.75, 3.05) is 12.8 Å². The van der Waals surface area contributed by atoms with Crippen LogP contribution in [0.4, 0.5) is 5.69 Å². The molecule has 0 unspecified atom stereocenters. The van der Waals surface area contributed by atoms with Crippen LogP contribution >= 0.6 is 11.3 Å². The fourth-order valence-electron chi connectivity index (χ4n) is 2.89. The normalized spacial score (nSPS) is 11.1. The van der Waals surface area contributed by atoms with Crippen LogP contribution in [0.25, 0.3) is 26.8 Å². The molecule has 0 aliphatic rings. The summed E-state index contributed by atoms with van der Waals surface area (Å²) in [7, 11) is 1.30. The number of aromatic nitrogens is 2. The van der Waals surface area contributed by atoms with Crippen molar-refractivity contribution in [3.63, 3.8) is 0 Å². The molecule has 0 bridgehead atoms. The van der Waals surface area contributed by atoms with Crippen molar-refractivity contribution in [3.8, 4) is 5.82 Å². The first-order chi connectivity index (χ1) is 12.1. The van der Waals surface area contributed by atoms with Gasteiger partial charge < -0.3 is 10.5 Å². The van der Waals surface area contributed by atoms with E-state index in [-0.39, 0.29) is 10.4 Å². The van der Waals surface area contributed by atoms with Gasteiger partial charge >= 0.3 is 5.97 Å². The second-order valence-electron chi connectivity index (χ2n) is 5.39. The lowest BCUT2D eigenvalue weighted by Gasteiger charge is -2.09. The zero-order valence-corrected chi connectivity index (χ0v) is 14.0. The van der Waals surface area contributed by atoms with Gasteiger partial charge in [-0.25, -0.2) is 9.78 Å². The number of carbonyl (C=O) groups excluding carboxylic acids is 1. The van der Waals surface area contributed by atoms with Crippen LogP contribution in [0.3, 0.4) is 0 Å². The zero-order valence-electron chi connectivity index (χ0n) is 13.2. The largest absolute Gasteiger partial charge is 0.465 e. The van der Waals surface area contributed by atoms with E-state index in [1.807, 2.05) is 12.1 Å². The Hall–Kier alpha value is -3.19. The van der Waals surface area contributed by atoms with Crippen molar-refractivity contribution < 1.29 is 9.53 Å². The minimum atomic E-state index is -0.525. The third kappa shape index (κ3) is 2.20. The molecule has 0 saturated heterocycles. The van der Waals surface area contributed by atoms with Crippen LogP contribution in [-0.2, 0) is 4.74 Å². The number of anilines is 1. The summed E-state index contributed by atoms with van der Waals surface area (Å²) in [6, 6.07) is 12.5. The van der Waals surface area contributed by atoms with E-state index in [4.69, 9.17) is 10.5 Å². The van der Waals surface area contributed by atoms with Crippen LogP contribution in [0.5, 0.6) is 0 Å². The SMILES string of the molecule is COC(=O)c1sc2c(c1N)c1ccccc1c(=O)n2-c1ccccn1. The number of benzene rings is 1. The van der Waals surface area contributed by atoms with E-state index in [0.29, 0.717) is 32.5 Å². The molecule has 0 saturated carbocycles. The Morgan fingerprint density at radius 3 is 2.56 bits per heavy atom. The Labute approximate surface area is 146 Å². The lowest BCUT2D eigenvalue weighted by Crippen LogP contribution is -2.19. The van der Waals surface area contributed by atoms with Crippen LogP contribution in [0.1, 0.15) is 9.67 Å². The van der Waals surface area contributed by atoms with Crippen LogP contribution in [0.15, 0.2) is 53.5 Å². The molecule has 4 rings (SSSR count). The van der Waals surface area contributed by atoms with Crippen molar-refractivity contribution in [3.05, 3.63) is 63.9 Å². The maximum absolute atomic E-state index is 13.1. The molecule has 0 fully saturated rings. The quantitative estimate of drug-likeness (QED) is 0.561. The maximum Gasteiger partial charge on any atom is 0.350 e. The second kappa shape index (κ2) is 5.71. The first-order valence-corrected chi connectivity index (χ1v) is 8.30. The molecule has 2 N–H and O–H groups in total. The Morgan fingerprint density at radius 2 is 1.88 bits per heavy atom. The number of pyridine rings is 2. The average molecular weight is 351 g/mol. The van der Waals surface area contributed by atoms with Gasteiger partial charge in [0.25, 0.3) is 5.56 Å². The predicted molar refractivity (Wildman–Crippen MR) is 98.5 cm³/mol. The third-order valence-corrected chi connectivity index (χ3v) is 5.18. The number of thiophene rings is 1. The number of carbonyl (C=O) groups is 1. The molecule has 4 aromatic rings. The summed E-state index contributed by atoms with van der Waals surface area (Å²) in [5.74, 6) is -0.0521. The number of methoxy groups -OCH3 is 1. The number of hydrogen-bond acceptors (Lipinski definition) is 6. The van der Waals surface area contributed by atoms with Gasteiger partial charge in [0.1, 0.15) is 15.5 Å². The molecule has 1 aromatic carbocycles. The third-order valence-electron chi connectivity index (χ3n) is 4.01. The lowest BCUT2D eigenvalue weighted by atomic mass is 10.1. The van der Waals surface area contributed by atoms with Crippen LogP contribution in [0, 0.1) is 0 Å². The van der Waals surface area contributed by atoms with Gasteiger partial charge in [-0.2, -0.15) is 0 Å². The van der Waals surface area contributed by atoms with Gasteiger partial charge in [0.15, 0.2) is 0 Å². The molecule has 0 radical (unpaired) electrons. The van der Waals surface area contributed by atoms with Gasteiger partial charge in [0.2, 0.25) is 0 Å². The topological polar surface area (TPSA) is 87.2 Å². The summed E-state index contributed by atoms with van der Waals surface area (Å²) in [6.07, 6.45) is 1.61. The summed E-state index contributed by atoms with van der Waals surface area (Å²) < 4.78 is 6.31. The smallest absolute Gasteiger partial charge is 0.350 e. The minimum Gasteiger partial charge on any atom is -0.465 e. The van der Waals surface area contributed by atoms with Crippen LogP contribution in [0.2, 0.25) is 0 Å². The monoisotopic (exact) mass is 351 g/mol. The minimum absolute atomic E-state index is 0.209. The van der Waals surface area contributed by atoms with Crippen molar-refractivity contribution in [1.82, 2.24) is 9.55 Å². The van der Waals surface area contributed by atoms with E-state index < -0.39 is 5.97 Å². The summed E-state index contributed by atoms with van der Waals surface area (Å²) in [4.78, 5) is 30.3. The molecule has 124 valence electrons. The molecule has 6 nitrogen and oxygen atoms in total. The molecule has 7 heteroatoms. The molecule has 0 aliphatic carbocycles. The standard InChI is InChI=1S/C18H13N3O3S/c1-24-18(23)15-14(19)13-10-6-2-3-7-11(10)16(22)21(17(13)25-15)12-8-4-5-9-20-12/h2-9H,19H2,1H3. The predicted octanol–water partition coefficient (Wildman–Crippen LogP) is 2.97. The van der Waals surface area contributed by atoms with Crippen molar-refractivity contribution in [2.45, 2.75) is 0 Å². The van der Waals surface area contributed by atoms with E-state index in [2.05, 4.69) is 4.98 Å². The van der Waals surface area contributed by atoms with Crippen molar-refractivity contribution >= 4 is 44.0 Å². The number of rotatable bonds is 2. The highest BCUT2D eigenvalue weighted by molar-refractivity contribution is 7.21. The van der Waals surface area contributed by atoms with Gasteiger partial charge in [0, 0.05) is 17.0 Å². The first kappa shape index (κ1) is 15.3. The zero-order chi connectivity index (χ0) is 17.6. The number of nitrogens with zero attached hydrogens (tertiary/aromatic N) is 2. The van der Waals surface area contributed by atoms with Gasteiger partial charge in [-0.15, -0.1) is 11.3 Å². The lowest BCUT2D eigenvalue weighted by molar-refractivity contribution is 0.0607. The number of hydrogen-bond donors (Lipinski definition) is 1. The Kier molecular flexibility index (Phi) is 3.51. The summed E-state index contributed by atoms with van der Waals surface area (Å²) in [5.41, 5.74) is 6.36. The van der Waals surface area contributed by atoms with E-state index in [1.165, 1.54) is 11.7 Å². The number of esters is 1. The van der Waals surface area contributed by atoms with Gasteiger partial charge in [-0.05, 0) is 23.6 Å². The molecule has 0 spiro atoms. The van der Waals surface area contributed by atoms with Crippen molar-refractivity contribution in [2.24, 2.45) is 0 Å². The summed E-state index contributed by atoms with van der Waals surface area (Å²) in [6.45, 7) is 0. The first-order valence-electron chi connectivity index (χ1n) is 7.49. The van der Waals surface area contributed by atoms with Gasteiger partial charge in [0.05, 0.1) is 12.8 Å². The molecule has 25 heavy (non-hydrogen) atoms. The second-order valence-corrected chi connectivity index (χ2v) is 6.39. The molecule has 3 aromatic heterocycles. The van der Waals surface area contributed by atoms with Crippen LogP contribution in [-0.4, -0.2) is 22.6 Å². The molecule has 0 aliphatic heterocycles. The molecular formula is C18H13N3O3S. The van der Waals surface area contributed by atoms with E-state index in [1.54, 1.807) is 36.5 Å². The van der Waals surface area contributed by atoms with E-state index in [9.17, 15) is 9.59 Å². The molecule has 0 amide bonds. The Bertz CT molecular complexity index is 1180. The molecular weight excluding hydrogens is 338 g/mol. The highest BCUT2D eigenvalue weighted by Crippen LogP contribution is 2.38. The highest BCUT2D eigenvalue weighted by Gasteiger charge is 2.23. The number of ether oxygens (including phenoxy) is 1. The number of fused-ring (bicyclic) bond motifs is 3. The number of nitrogen functional groups attached to an aromatic ring is 1. The van der Waals surface area contributed by atoms with E-state index >= 15 is 0 Å². The summed E-state index contributed by atoms with van der Waals surface area (Å²) >= 11 is 1.13. The number of nitrogens with two attached hydrogens (primary N) is 1. The van der Waals surface area contributed by atoms with E-state index in [0.717, 1.165) is 11.3 Å². The molecule has 3 heterocycles. The summed E-state index contributed by atoms with van der Waals surface area (Å²) in [5, 5.41) is 1.88. The Morgan fingerprint density at radius 1 is 1.16 bits per heavy atom. The fraction of sp³-hybridized carbons (Fsp3) is 0.0556.